The minimum atomic E-state index is 0.542. The van der Waals surface area contributed by atoms with E-state index in [4.69, 9.17) is 0 Å². The molecule has 0 heterocycles. The van der Waals surface area contributed by atoms with Gasteiger partial charge in [0.2, 0.25) is 0 Å². The molecule has 0 rings (SSSR count). The summed E-state index contributed by atoms with van der Waals surface area (Å²) in [6.45, 7) is 18.0. The maximum absolute atomic E-state index is 3.98. The average molecular weight is 164 g/mol. The summed E-state index contributed by atoms with van der Waals surface area (Å²) in [4.78, 5) is 0. The first-order valence-electron chi connectivity index (χ1n) is 4.37. The van der Waals surface area contributed by atoms with Crippen molar-refractivity contribution in [1.82, 2.24) is 0 Å². The maximum atomic E-state index is 3.98. The van der Waals surface area contributed by atoms with Crippen LogP contribution >= 0.6 is 0 Å². The van der Waals surface area contributed by atoms with Crippen molar-refractivity contribution in [1.29, 1.82) is 0 Å². The Morgan fingerprint density at radius 1 is 0.917 bits per heavy atom. The first-order valence-corrected chi connectivity index (χ1v) is 4.37. The quantitative estimate of drug-likeness (QED) is 0.536. The molecule has 0 radical (unpaired) electrons. The molecule has 0 aliphatic carbocycles. The van der Waals surface area contributed by atoms with Gasteiger partial charge in [0.1, 0.15) is 0 Å². The van der Waals surface area contributed by atoms with Crippen LogP contribution in [-0.4, -0.2) is 0 Å². The van der Waals surface area contributed by atoms with Crippen LogP contribution in [0.1, 0.15) is 33.6 Å². The summed E-state index contributed by atoms with van der Waals surface area (Å²) in [7, 11) is 0. The average Bonchev–Trinajstić information content (AvgIpc) is 1.83. The first-order chi connectivity index (χ1) is 5.43. The topological polar surface area (TPSA) is 0 Å². The van der Waals surface area contributed by atoms with Crippen LogP contribution in [0.4, 0.5) is 0 Å². The Bertz CT molecular complexity index is 180. The molecule has 0 aromatic carbocycles. The first kappa shape index (κ1) is 11.2. The molecular weight excluding hydrogens is 144 g/mol. The normalized spacial score (nSPS) is 10.0. The fourth-order valence-corrected chi connectivity index (χ4v) is 1.26. The highest BCUT2D eigenvalue weighted by Crippen LogP contribution is 2.23. The summed E-state index contributed by atoms with van der Waals surface area (Å²) < 4.78 is 0. The van der Waals surface area contributed by atoms with Crippen molar-refractivity contribution in [2.45, 2.75) is 33.6 Å². The van der Waals surface area contributed by atoms with E-state index in [2.05, 4.69) is 40.5 Å². The molecule has 0 spiro atoms. The molecule has 0 nitrogen and oxygen atoms in total. The second kappa shape index (κ2) is 4.97. The number of allylic oxidation sites excluding steroid dienone is 3. The zero-order valence-electron chi connectivity index (χ0n) is 8.61. The van der Waals surface area contributed by atoms with E-state index in [0.29, 0.717) is 5.92 Å². The van der Waals surface area contributed by atoms with Crippen molar-refractivity contribution in [3.63, 3.8) is 0 Å². The largest absolute Gasteiger partial charge is 0.100 e. The molecule has 0 bridgehead atoms. The van der Waals surface area contributed by atoms with E-state index < -0.39 is 0 Å². The second-order valence-corrected chi connectivity index (χ2v) is 3.87. The van der Waals surface area contributed by atoms with Crippen LogP contribution in [0, 0.1) is 5.92 Å². The molecule has 0 amide bonds. The van der Waals surface area contributed by atoms with Crippen LogP contribution in [0.3, 0.4) is 0 Å². The third-order valence-corrected chi connectivity index (χ3v) is 1.89. The predicted octanol–water partition coefficient (Wildman–Crippen LogP) is 4.11. The van der Waals surface area contributed by atoms with Gasteiger partial charge in [-0.2, -0.15) is 0 Å². The van der Waals surface area contributed by atoms with Crippen molar-refractivity contribution >= 4 is 0 Å². The van der Waals surface area contributed by atoms with Crippen molar-refractivity contribution in [3.05, 3.63) is 36.5 Å². The SMILES string of the molecule is C=C(C)CC(CC(=C)C)C(=C)C. The number of hydrogen-bond donors (Lipinski definition) is 0. The Morgan fingerprint density at radius 3 is 1.42 bits per heavy atom. The molecule has 0 unspecified atom stereocenters. The van der Waals surface area contributed by atoms with Gasteiger partial charge in [-0.3, -0.25) is 0 Å². The van der Waals surface area contributed by atoms with Gasteiger partial charge in [0.05, 0.1) is 0 Å². The highest BCUT2D eigenvalue weighted by molar-refractivity contribution is 5.08. The molecule has 68 valence electrons. The Labute approximate surface area is 76.7 Å². The van der Waals surface area contributed by atoms with E-state index in [0.717, 1.165) is 12.8 Å². The molecule has 0 aliphatic rings. The van der Waals surface area contributed by atoms with Gasteiger partial charge in [-0.15, -0.1) is 13.2 Å². The van der Waals surface area contributed by atoms with Crippen LogP contribution in [0.2, 0.25) is 0 Å². The number of hydrogen-bond acceptors (Lipinski definition) is 0. The van der Waals surface area contributed by atoms with E-state index in [9.17, 15) is 0 Å². The third-order valence-electron chi connectivity index (χ3n) is 1.89. The van der Waals surface area contributed by atoms with Gasteiger partial charge < -0.3 is 0 Å². The molecule has 0 saturated heterocycles. The Morgan fingerprint density at radius 2 is 1.25 bits per heavy atom. The van der Waals surface area contributed by atoms with Gasteiger partial charge in [-0.05, 0) is 39.5 Å². The maximum Gasteiger partial charge on any atom is -0.0135 e. The lowest BCUT2D eigenvalue weighted by Gasteiger charge is -2.16. The van der Waals surface area contributed by atoms with Crippen molar-refractivity contribution in [2.75, 3.05) is 0 Å². The predicted molar refractivity (Wildman–Crippen MR) is 57.2 cm³/mol. The molecule has 12 heavy (non-hydrogen) atoms. The third kappa shape index (κ3) is 4.95. The van der Waals surface area contributed by atoms with Crippen molar-refractivity contribution in [2.24, 2.45) is 5.92 Å². The molecule has 0 N–H and O–H groups in total. The van der Waals surface area contributed by atoms with E-state index in [1.54, 1.807) is 0 Å². The zero-order valence-corrected chi connectivity index (χ0v) is 8.61. The summed E-state index contributed by atoms with van der Waals surface area (Å²) in [6, 6.07) is 0. The lowest BCUT2D eigenvalue weighted by molar-refractivity contribution is 0.603. The van der Waals surface area contributed by atoms with E-state index in [1.807, 2.05) is 0 Å². The van der Waals surface area contributed by atoms with E-state index in [1.165, 1.54) is 16.7 Å². The molecule has 0 aromatic heterocycles. The van der Waals surface area contributed by atoms with Gasteiger partial charge >= 0.3 is 0 Å². The van der Waals surface area contributed by atoms with Gasteiger partial charge in [-0.1, -0.05) is 23.3 Å². The Balaban J connectivity index is 4.14. The summed E-state index contributed by atoms with van der Waals surface area (Å²) in [5.74, 6) is 0.542. The molecule has 0 saturated carbocycles. The van der Waals surface area contributed by atoms with Crippen LogP contribution in [0.5, 0.6) is 0 Å². The fraction of sp³-hybridized carbons (Fsp3) is 0.500. The molecule has 0 fully saturated rings. The minimum Gasteiger partial charge on any atom is -0.100 e. The number of rotatable bonds is 5. The zero-order chi connectivity index (χ0) is 9.72. The van der Waals surface area contributed by atoms with Crippen molar-refractivity contribution in [3.8, 4) is 0 Å². The molecule has 0 aliphatic heterocycles. The Hall–Kier alpha value is -0.780. The monoisotopic (exact) mass is 164 g/mol. The van der Waals surface area contributed by atoms with Gasteiger partial charge in [0.25, 0.3) is 0 Å². The molecular formula is C12H20. The summed E-state index contributed by atoms with van der Waals surface area (Å²) in [5, 5.41) is 0. The summed E-state index contributed by atoms with van der Waals surface area (Å²) in [5.41, 5.74) is 3.69. The molecule has 0 heteroatoms. The van der Waals surface area contributed by atoms with E-state index in [-0.39, 0.29) is 0 Å². The minimum absolute atomic E-state index is 0.542. The highest BCUT2D eigenvalue weighted by atomic mass is 14.1. The van der Waals surface area contributed by atoms with Gasteiger partial charge in [0, 0.05) is 0 Å². The smallest absolute Gasteiger partial charge is 0.0135 e. The van der Waals surface area contributed by atoms with E-state index >= 15 is 0 Å². The lowest BCUT2D eigenvalue weighted by atomic mass is 9.89. The standard InChI is InChI=1S/C12H20/c1-9(2)7-12(11(5)6)8-10(3)4/h12H,1,3,5,7-8H2,2,4,6H3. The molecule has 0 atom stereocenters. The Kier molecular flexibility index (Phi) is 4.65. The molecule has 0 aromatic rings. The summed E-state index contributed by atoms with van der Waals surface area (Å²) >= 11 is 0. The van der Waals surface area contributed by atoms with Crippen molar-refractivity contribution < 1.29 is 0 Å². The van der Waals surface area contributed by atoms with Crippen LogP contribution in [0.15, 0.2) is 36.5 Å². The summed E-state index contributed by atoms with van der Waals surface area (Å²) in [6.07, 6.45) is 2.09. The van der Waals surface area contributed by atoms with Crippen LogP contribution in [-0.2, 0) is 0 Å². The fourth-order valence-electron chi connectivity index (χ4n) is 1.26. The van der Waals surface area contributed by atoms with Gasteiger partial charge in [0.15, 0.2) is 0 Å². The lowest BCUT2D eigenvalue weighted by Crippen LogP contribution is -2.02. The van der Waals surface area contributed by atoms with Crippen LogP contribution < -0.4 is 0 Å². The second-order valence-electron chi connectivity index (χ2n) is 3.87. The van der Waals surface area contributed by atoms with Gasteiger partial charge in [-0.25, -0.2) is 0 Å². The highest BCUT2D eigenvalue weighted by Gasteiger charge is 2.09. The van der Waals surface area contributed by atoms with Crippen LogP contribution in [0.25, 0.3) is 0 Å².